The summed E-state index contributed by atoms with van der Waals surface area (Å²) in [5.74, 6) is 0. The first kappa shape index (κ1) is 14.7. The number of halogens is 3. The molecule has 18 heavy (non-hydrogen) atoms. The van der Waals surface area contributed by atoms with Crippen LogP contribution in [-0.2, 0) is 17.5 Å². The molecule has 1 aromatic rings. The zero-order chi connectivity index (χ0) is 13.8. The topological polar surface area (TPSA) is 58.6 Å². The van der Waals surface area contributed by atoms with Gasteiger partial charge in [-0.25, -0.2) is 0 Å². The highest BCUT2D eigenvalue weighted by molar-refractivity contribution is 6.80. The zero-order valence-corrected chi connectivity index (χ0v) is 10.4. The molecule has 1 rings (SSSR count). The van der Waals surface area contributed by atoms with Crippen LogP contribution in [0.15, 0.2) is 24.3 Å². The van der Waals surface area contributed by atoms with Crippen LogP contribution in [0.25, 0.3) is 0 Å². The van der Waals surface area contributed by atoms with E-state index in [1.165, 1.54) is 12.1 Å². The van der Waals surface area contributed by atoms with Crippen molar-refractivity contribution in [1.82, 2.24) is 4.98 Å². The van der Waals surface area contributed by atoms with Gasteiger partial charge in [0.2, 0.25) is 0 Å². The molecule has 4 nitrogen and oxygen atoms in total. The number of hydrogen-bond acceptors (Lipinski definition) is 4. The third-order valence-corrected chi connectivity index (χ3v) is 3.22. The summed E-state index contributed by atoms with van der Waals surface area (Å²) in [7, 11) is -1.35. The Kier molecular flexibility index (Phi) is 4.88. The van der Waals surface area contributed by atoms with Crippen LogP contribution in [-0.4, -0.2) is 26.7 Å². The van der Waals surface area contributed by atoms with Gasteiger partial charge in [-0.05, 0) is 17.7 Å². The molecule has 99 valence electrons. The summed E-state index contributed by atoms with van der Waals surface area (Å²) in [4.78, 5) is 22.7. The van der Waals surface area contributed by atoms with E-state index in [4.69, 9.17) is 0 Å². The van der Waals surface area contributed by atoms with E-state index in [0.717, 1.165) is 19.2 Å². The van der Waals surface area contributed by atoms with Crippen molar-refractivity contribution in [2.45, 2.75) is 12.7 Å². The Morgan fingerprint density at radius 3 is 2.39 bits per heavy atom. The van der Waals surface area contributed by atoms with Crippen molar-refractivity contribution in [2.24, 2.45) is 0 Å². The Balaban J connectivity index is 2.57. The number of nitrogens with one attached hydrogen (secondary N) is 1. The highest BCUT2D eigenvalue weighted by Crippen LogP contribution is 2.28. The molecule has 0 heterocycles. The second-order valence-corrected chi connectivity index (χ2v) is 4.85. The largest absolute Gasteiger partial charge is 0.470 e. The lowest BCUT2D eigenvalue weighted by molar-refractivity contribution is -0.137. The molecular weight excluding hydrogens is 267 g/mol. The number of alkyl halides is 3. The summed E-state index contributed by atoms with van der Waals surface area (Å²) in [6.07, 6.45) is -4.37. The monoisotopic (exact) mass is 278 g/mol. The molecule has 0 amide bonds. The smallest absolute Gasteiger partial charge is 0.436 e. The predicted octanol–water partition coefficient (Wildman–Crippen LogP) is 1.62. The first-order chi connectivity index (χ1) is 8.34. The van der Waals surface area contributed by atoms with E-state index >= 15 is 0 Å². The van der Waals surface area contributed by atoms with Gasteiger partial charge in [-0.15, -0.1) is 0 Å². The minimum absolute atomic E-state index is 0.0953. The Labute approximate surface area is 103 Å². The summed E-state index contributed by atoms with van der Waals surface area (Å²) in [5.41, 5.74) is -0.968. The molecule has 0 saturated heterocycles. The van der Waals surface area contributed by atoms with Gasteiger partial charge in [-0.1, -0.05) is 12.1 Å². The molecule has 8 heteroatoms. The number of carbonyl (C=O) groups excluding carboxylic acids is 1. The fourth-order valence-corrected chi connectivity index (χ4v) is 1.88. The molecule has 0 atom stereocenters. The number of hydrogen-bond donors (Lipinski definition) is 2. The molecule has 0 aliphatic carbocycles. The van der Waals surface area contributed by atoms with Gasteiger partial charge in [0.05, 0.1) is 12.7 Å². The summed E-state index contributed by atoms with van der Waals surface area (Å²) in [5, 5.41) is 0. The van der Waals surface area contributed by atoms with E-state index in [-0.39, 0.29) is 6.54 Å². The molecule has 0 unspecified atom stereocenters. The SMILES string of the molecule is COC(=O)[Si](O)NCc1ccc(C(F)(F)F)cc1. The zero-order valence-electron chi connectivity index (χ0n) is 9.41. The lowest BCUT2D eigenvalue weighted by Crippen LogP contribution is -2.41. The first-order valence-electron chi connectivity index (χ1n) is 4.89. The average Bonchev–Trinajstić information content (AvgIpc) is 2.34. The summed E-state index contributed by atoms with van der Waals surface area (Å²) >= 11 is 0. The highest BCUT2D eigenvalue weighted by Gasteiger charge is 2.30. The number of methoxy groups -OCH3 is 1. The van der Waals surface area contributed by atoms with Crippen LogP contribution in [0.2, 0.25) is 0 Å². The van der Waals surface area contributed by atoms with Crippen molar-refractivity contribution in [3.63, 3.8) is 0 Å². The Hall–Kier alpha value is -1.38. The number of ether oxygens (including phenoxy) is 1. The van der Waals surface area contributed by atoms with Crippen molar-refractivity contribution in [3.05, 3.63) is 35.4 Å². The maximum Gasteiger partial charge on any atom is 0.436 e. The first-order valence-corrected chi connectivity index (χ1v) is 6.33. The van der Waals surface area contributed by atoms with Gasteiger partial charge in [0.1, 0.15) is 0 Å². The van der Waals surface area contributed by atoms with Gasteiger partial charge in [0.15, 0.2) is 0 Å². The van der Waals surface area contributed by atoms with Crippen LogP contribution in [0.3, 0.4) is 0 Å². The predicted molar refractivity (Wildman–Crippen MR) is 58.7 cm³/mol. The normalized spacial score (nSPS) is 11.7. The third-order valence-electron chi connectivity index (χ3n) is 2.12. The van der Waals surface area contributed by atoms with E-state index < -0.39 is 26.5 Å². The molecule has 1 aromatic carbocycles. The van der Waals surface area contributed by atoms with E-state index in [1.807, 2.05) is 0 Å². The molecule has 0 aromatic heterocycles. The molecule has 1 radical (unpaired) electrons. The van der Waals surface area contributed by atoms with Crippen molar-refractivity contribution < 1.29 is 27.5 Å². The fraction of sp³-hybridized carbons (Fsp3) is 0.300. The molecule has 0 fully saturated rings. The molecule has 2 N–H and O–H groups in total. The summed E-state index contributed by atoms with van der Waals surface area (Å²) in [6, 6.07) is 4.45. The van der Waals surface area contributed by atoms with Crippen LogP contribution in [0.4, 0.5) is 18.0 Å². The quantitative estimate of drug-likeness (QED) is 0.822. The molecular formula is C10H11F3NO3Si. The molecule has 0 aliphatic rings. The van der Waals surface area contributed by atoms with Gasteiger partial charge in [-0.2, -0.15) is 13.2 Å². The van der Waals surface area contributed by atoms with Crippen LogP contribution < -0.4 is 4.98 Å². The fourth-order valence-electron chi connectivity index (χ4n) is 1.17. The standard InChI is InChI=1S/C10H11F3NO3Si/c1-17-9(15)18(16)14-6-7-2-4-8(5-3-7)10(11,12)13/h2-5,14,16H,6H2,1H3. The second-order valence-electron chi connectivity index (χ2n) is 3.39. The Morgan fingerprint density at radius 1 is 1.39 bits per heavy atom. The molecule has 0 spiro atoms. The highest BCUT2D eigenvalue weighted by atomic mass is 28.3. The van der Waals surface area contributed by atoms with Crippen molar-refractivity contribution >= 4 is 14.8 Å². The number of benzene rings is 1. The lowest BCUT2D eigenvalue weighted by atomic mass is 10.1. The van der Waals surface area contributed by atoms with Crippen LogP contribution in [0.1, 0.15) is 11.1 Å². The van der Waals surface area contributed by atoms with Gasteiger partial charge < -0.3 is 14.5 Å². The van der Waals surface area contributed by atoms with E-state index in [0.29, 0.717) is 5.56 Å². The van der Waals surface area contributed by atoms with Gasteiger partial charge in [0.25, 0.3) is 0 Å². The minimum atomic E-state index is -4.37. The maximum atomic E-state index is 12.3. The van der Waals surface area contributed by atoms with Gasteiger partial charge in [0, 0.05) is 6.54 Å². The molecule has 0 aliphatic heterocycles. The number of carbonyl (C=O) groups is 1. The summed E-state index contributed by atoms with van der Waals surface area (Å²) in [6.45, 7) is 0.0953. The molecule has 0 bridgehead atoms. The Bertz CT molecular complexity index is 408. The van der Waals surface area contributed by atoms with Crippen LogP contribution in [0, 0.1) is 0 Å². The van der Waals surface area contributed by atoms with Crippen LogP contribution in [0.5, 0.6) is 0 Å². The average molecular weight is 278 g/mol. The van der Waals surface area contributed by atoms with Crippen LogP contribution >= 0.6 is 0 Å². The van der Waals surface area contributed by atoms with E-state index in [1.54, 1.807) is 0 Å². The molecule has 0 saturated carbocycles. The summed E-state index contributed by atoms with van der Waals surface area (Å²) < 4.78 is 41.1. The van der Waals surface area contributed by atoms with E-state index in [2.05, 4.69) is 9.72 Å². The Morgan fingerprint density at radius 2 is 1.94 bits per heavy atom. The third kappa shape index (κ3) is 4.13. The maximum absolute atomic E-state index is 12.3. The lowest BCUT2D eigenvalue weighted by Gasteiger charge is -2.09. The second kappa shape index (κ2) is 5.98. The van der Waals surface area contributed by atoms with Crippen molar-refractivity contribution in [3.8, 4) is 0 Å². The minimum Gasteiger partial charge on any atom is -0.470 e. The number of rotatable bonds is 4. The van der Waals surface area contributed by atoms with Gasteiger partial charge in [-0.3, -0.25) is 4.79 Å². The van der Waals surface area contributed by atoms with Crippen molar-refractivity contribution in [1.29, 1.82) is 0 Å². The van der Waals surface area contributed by atoms with Crippen molar-refractivity contribution in [2.75, 3.05) is 7.11 Å². The van der Waals surface area contributed by atoms with E-state index in [9.17, 15) is 22.8 Å². The van der Waals surface area contributed by atoms with Gasteiger partial charge >= 0.3 is 21.0 Å².